The summed E-state index contributed by atoms with van der Waals surface area (Å²) in [5.74, 6) is 0. The van der Waals surface area contributed by atoms with Crippen LogP contribution in [-0.2, 0) is 9.47 Å². The maximum Gasteiger partial charge on any atom is 0.154 e. The van der Waals surface area contributed by atoms with Gasteiger partial charge in [0.15, 0.2) is 6.29 Å². The second-order valence-corrected chi connectivity index (χ2v) is 11.1. The van der Waals surface area contributed by atoms with Gasteiger partial charge >= 0.3 is 0 Å². The number of unbranched alkanes of at least 4 members (excludes halogenated alkanes) is 2. The van der Waals surface area contributed by atoms with Crippen LogP contribution in [0.1, 0.15) is 39.5 Å². The average molecular weight is 357 g/mol. The van der Waals surface area contributed by atoms with Crippen LogP contribution in [0.2, 0.25) is 6.55 Å². The monoisotopic (exact) mass is 356 g/mol. The van der Waals surface area contributed by atoms with Gasteiger partial charge in [-0.1, -0.05) is 104 Å². The predicted octanol–water partition coefficient (Wildman–Crippen LogP) is 4.38. The molecule has 0 fully saturated rings. The molecule has 2 aromatic rings. The molecule has 136 valence electrons. The van der Waals surface area contributed by atoms with Crippen molar-refractivity contribution in [2.75, 3.05) is 7.11 Å². The lowest BCUT2D eigenvalue weighted by atomic mass is 10.2. The highest BCUT2D eigenvalue weighted by atomic mass is 28.3. The minimum absolute atomic E-state index is 0.189. The third kappa shape index (κ3) is 5.03. The molecule has 0 aromatic heterocycles. The Morgan fingerprint density at radius 2 is 1.40 bits per heavy atom. The van der Waals surface area contributed by atoms with Crippen molar-refractivity contribution in [2.24, 2.45) is 0 Å². The minimum Gasteiger partial charge on any atom is -0.356 e. The molecule has 0 saturated heterocycles. The Bertz CT molecular complexity index is 560. The molecule has 0 saturated carbocycles. The van der Waals surface area contributed by atoms with Crippen LogP contribution in [0.15, 0.2) is 60.7 Å². The summed E-state index contributed by atoms with van der Waals surface area (Å²) in [6, 6.07) is 21.8. The Morgan fingerprint density at radius 3 is 1.84 bits per heavy atom. The number of benzene rings is 2. The summed E-state index contributed by atoms with van der Waals surface area (Å²) >= 11 is 0. The second kappa shape index (κ2) is 9.90. The maximum atomic E-state index is 6.46. The van der Waals surface area contributed by atoms with Crippen molar-refractivity contribution < 1.29 is 9.47 Å². The van der Waals surface area contributed by atoms with Gasteiger partial charge in [-0.3, -0.25) is 0 Å². The van der Waals surface area contributed by atoms with E-state index in [1.165, 1.54) is 29.6 Å². The van der Waals surface area contributed by atoms with Gasteiger partial charge in [-0.25, -0.2) is 0 Å². The number of hydrogen-bond acceptors (Lipinski definition) is 2. The lowest BCUT2D eigenvalue weighted by Gasteiger charge is -2.38. The summed E-state index contributed by atoms with van der Waals surface area (Å²) in [5, 5.41) is 2.84. The van der Waals surface area contributed by atoms with Crippen LogP contribution in [0.25, 0.3) is 0 Å². The molecule has 0 aliphatic rings. The summed E-state index contributed by atoms with van der Waals surface area (Å²) in [6.07, 6.45) is 4.55. The van der Waals surface area contributed by atoms with Crippen molar-refractivity contribution in [1.82, 2.24) is 0 Å². The largest absolute Gasteiger partial charge is 0.356 e. The first kappa shape index (κ1) is 19.9. The molecule has 3 heteroatoms. The van der Waals surface area contributed by atoms with Crippen LogP contribution in [-0.4, -0.2) is 27.2 Å². The summed E-state index contributed by atoms with van der Waals surface area (Å²) in [6.45, 7) is 6.69. The Kier molecular flexibility index (Phi) is 7.88. The molecule has 2 rings (SSSR count). The maximum absolute atomic E-state index is 6.46. The fraction of sp³-hybridized carbons (Fsp3) is 0.455. The first-order valence-corrected chi connectivity index (χ1v) is 12.0. The number of methoxy groups -OCH3 is 1. The molecule has 0 spiro atoms. The van der Waals surface area contributed by atoms with E-state index in [-0.39, 0.29) is 12.0 Å². The Hall–Kier alpha value is -1.42. The molecule has 0 heterocycles. The first-order chi connectivity index (χ1) is 12.1. The molecule has 0 amide bonds. The number of rotatable bonds is 10. The fourth-order valence-corrected chi connectivity index (χ4v) is 7.56. The van der Waals surface area contributed by atoms with Gasteiger partial charge in [0.05, 0.1) is 5.73 Å². The van der Waals surface area contributed by atoms with Crippen LogP contribution < -0.4 is 10.4 Å². The lowest BCUT2D eigenvalue weighted by molar-refractivity contribution is -0.126. The molecular weight excluding hydrogens is 324 g/mol. The Balaban J connectivity index is 2.45. The third-order valence-electron chi connectivity index (χ3n) is 5.15. The molecular formula is C22H32O2Si. The van der Waals surface area contributed by atoms with Crippen molar-refractivity contribution in [3.8, 4) is 0 Å². The highest BCUT2D eigenvalue weighted by Gasteiger charge is 2.41. The van der Waals surface area contributed by atoms with Crippen molar-refractivity contribution in [1.29, 1.82) is 0 Å². The van der Waals surface area contributed by atoms with Gasteiger partial charge in [-0.15, -0.1) is 0 Å². The van der Waals surface area contributed by atoms with Crippen LogP contribution in [0, 0.1) is 0 Å². The fourth-order valence-electron chi connectivity index (χ4n) is 3.47. The first-order valence-electron chi connectivity index (χ1n) is 9.42. The minimum atomic E-state index is -2.06. The van der Waals surface area contributed by atoms with Gasteiger partial charge in [0.2, 0.25) is 0 Å². The van der Waals surface area contributed by atoms with Gasteiger partial charge in [0.25, 0.3) is 0 Å². The van der Waals surface area contributed by atoms with E-state index in [2.05, 4.69) is 74.1 Å². The molecule has 2 nitrogen and oxygen atoms in total. The molecule has 25 heavy (non-hydrogen) atoms. The third-order valence-corrected chi connectivity index (χ3v) is 9.93. The normalized spacial score (nSPS) is 14.2. The summed E-state index contributed by atoms with van der Waals surface area (Å²) < 4.78 is 11.9. The molecule has 0 radical (unpaired) electrons. The summed E-state index contributed by atoms with van der Waals surface area (Å²) in [5.41, 5.74) is 0.193. The molecule has 0 N–H and O–H groups in total. The van der Waals surface area contributed by atoms with E-state index in [1.807, 2.05) is 6.92 Å². The van der Waals surface area contributed by atoms with Crippen LogP contribution >= 0.6 is 0 Å². The van der Waals surface area contributed by atoms with Gasteiger partial charge in [0.1, 0.15) is 8.07 Å². The van der Waals surface area contributed by atoms with Gasteiger partial charge in [-0.05, 0) is 13.3 Å². The SMILES string of the molecule is CCCCCC(OC(C)OC)[Si](C)(c1ccccc1)c1ccccc1. The van der Waals surface area contributed by atoms with E-state index < -0.39 is 8.07 Å². The zero-order valence-corrected chi connectivity index (χ0v) is 17.1. The number of ether oxygens (including phenoxy) is 2. The van der Waals surface area contributed by atoms with E-state index in [9.17, 15) is 0 Å². The van der Waals surface area contributed by atoms with Crippen molar-refractivity contribution >= 4 is 18.4 Å². The second-order valence-electron chi connectivity index (χ2n) is 6.86. The average Bonchev–Trinajstić information content (AvgIpc) is 2.68. The van der Waals surface area contributed by atoms with Crippen LogP contribution in [0.3, 0.4) is 0 Å². The zero-order chi connectivity index (χ0) is 18.1. The Morgan fingerprint density at radius 1 is 0.880 bits per heavy atom. The van der Waals surface area contributed by atoms with Gasteiger partial charge in [-0.2, -0.15) is 0 Å². The standard InChI is InChI=1S/C22H32O2Si/c1-5-6-9-18-22(24-19(2)23-3)25(4,20-14-10-7-11-15-20)21-16-12-8-13-17-21/h7-8,10-17,19,22H,5-6,9,18H2,1-4H3. The van der Waals surface area contributed by atoms with Gasteiger partial charge in [0, 0.05) is 7.11 Å². The molecule has 2 atom stereocenters. The van der Waals surface area contributed by atoms with E-state index in [4.69, 9.17) is 9.47 Å². The summed E-state index contributed by atoms with van der Waals surface area (Å²) in [4.78, 5) is 0. The van der Waals surface area contributed by atoms with Gasteiger partial charge < -0.3 is 9.47 Å². The summed E-state index contributed by atoms with van der Waals surface area (Å²) in [7, 11) is -0.342. The van der Waals surface area contributed by atoms with E-state index in [1.54, 1.807) is 7.11 Å². The highest BCUT2D eigenvalue weighted by Crippen LogP contribution is 2.21. The van der Waals surface area contributed by atoms with Crippen LogP contribution in [0.5, 0.6) is 0 Å². The lowest BCUT2D eigenvalue weighted by Crippen LogP contribution is -2.65. The smallest absolute Gasteiger partial charge is 0.154 e. The molecule has 2 aromatic carbocycles. The van der Waals surface area contributed by atoms with E-state index >= 15 is 0 Å². The van der Waals surface area contributed by atoms with Crippen LogP contribution in [0.4, 0.5) is 0 Å². The topological polar surface area (TPSA) is 18.5 Å². The van der Waals surface area contributed by atoms with Crippen molar-refractivity contribution in [2.45, 2.75) is 58.1 Å². The quantitative estimate of drug-likeness (QED) is 0.357. The highest BCUT2D eigenvalue weighted by molar-refractivity contribution is 7.02. The van der Waals surface area contributed by atoms with Crippen molar-refractivity contribution in [3.63, 3.8) is 0 Å². The molecule has 0 aliphatic carbocycles. The van der Waals surface area contributed by atoms with E-state index in [0.717, 1.165) is 6.42 Å². The molecule has 2 unspecified atom stereocenters. The number of hydrogen-bond donors (Lipinski definition) is 0. The van der Waals surface area contributed by atoms with Crippen molar-refractivity contribution in [3.05, 3.63) is 60.7 Å². The molecule has 0 aliphatic heterocycles. The molecule has 0 bridgehead atoms. The van der Waals surface area contributed by atoms with E-state index in [0.29, 0.717) is 0 Å². The zero-order valence-electron chi connectivity index (χ0n) is 16.1. The predicted molar refractivity (Wildman–Crippen MR) is 109 cm³/mol. The Labute approximate surface area is 154 Å².